The van der Waals surface area contributed by atoms with E-state index in [1.807, 2.05) is 0 Å². The molecule has 0 aromatic carbocycles. The highest BCUT2D eigenvalue weighted by Gasteiger charge is 2.16. The van der Waals surface area contributed by atoms with Gasteiger partial charge in [-0.3, -0.25) is 0 Å². The van der Waals surface area contributed by atoms with Crippen LogP contribution in [0.2, 0.25) is 0 Å². The number of nitrogens with zero attached hydrogens (tertiary/aromatic N) is 2. The molecule has 17 heavy (non-hydrogen) atoms. The van der Waals surface area contributed by atoms with Gasteiger partial charge in [0.1, 0.15) is 12.0 Å². The summed E-state index contributed by atoms with van der Waals surface area (Å²) in [5, 5.41) is 3.33. The predicted octanol–water partition coefficient (Wildman–Crippen LogP) is 2.30. The van der Waals surface area contributed by atoms with Gasteiger partial charge >= 0.3 is 0 Å². The SMILES string of the molecule is CCC(CC)C(C)Nc1ncnc(OC)c1N. The van der Waals surface area contributed by atoms with Gasteiger partial charge in [0.15, 0.2) is 5.82 Å². The largest absolute Gasteiger partial charge is 0.479 e. The normalized spacial score (nSPS) is 12.5. The number of nitrogens with two attached hydrogens (primary N) is 1. The van der Waals surface area contributed by atoms with Crippen LogP contribution < -0.4 is 15.8 Å². The van der Waals surface area contributed by atoms with E-state index in [0.717, 1.165) is 12.8 Å². The second-order valence-electron chi connectivity index (χ2n) is 4.15. The van der Waals surface area contributed by atoms with Crippen molar-refractivity contribution in [2.45, 2.75) is 39.7 Å². The summed E-state index contributed by atoms with van der Waals surface area (Å²) in [5.41, 5.74) is 6.38. The van der Waals surface area contributed by atoms with Gasteiger partial charge in [0.05, 0.1) is 7.11 Å². The number of nitrogen functional groups attached to an aromatic ring is 1. The van der Waals surface area contributed by atoms with E-state index in [4.69, 9.17) is 10.5 Å². The molecule has 96 valence electrons. The highest BCUT2D eigenvalue weighted by atomic mass is 16.5. The first-order chi connectivity index (χ1) is 8.13. The Hall–Kier alpha value is -1.52. The molecule has 0 fully saturated rings. The average molecular weight is 238 g/mol. The summed E-state index contributed by atoms with van der Waals surface area (Å²) in [6, 6.07) is 0.326. The van der Waals surface area contributed by atoms with E-state index < -0.39 is 0 Å². The summed E-state index contributed by atoms with van der Waals surface area (Å²) >= 11 is 0. The van der Waals surface area contributed by atoms with Crippen LogP contribution in [0.5, 0.6) is 5.88 Å². The minimum absolute atomic E-state index is 0.326. The third-order valence-electron chi connectivity index (χ3n) is 3.16. The molecule has 0 bridgehead atoms. The van der Waals surface area contributed by atoms with E-state index in [2.05, 4.69) is 36.1 Å². The second-order valence-corrected chi connectivity index (χ2v) is 4.15. The van der Waals surface area contributed by atoms with E-state index in [0.29, 0.717) is 29.3 Å². The molecule has 1 aromatic heterocycles. The number of hydrogen-bond acceptors (Lipinski definition) is 5. The van der Waals surface area contributed by atoms with Crippen LogP contribution >= 0.6 is 0 Å². The summed E-state index contributed by atoms with van der Waals surface area (Å²) in [5.74, 6) is 1.67. The molecule has 5 nitrogen and oxygen atoms in total. The predicted molar refractivity (Wildman–Crippen MR) is 70.2 cm³/mol. The Morgan fingerprint density at radius 2 is 2.00 bits per heavy atom. The number of ether oxygens (including phenoxy) is 1. The molecule has 0 saturated carbocycles. The van der Waals surface area contributed by atoms with E-state index >= 15 is 0 Å². The number of anilines is 2. The van der Waals surface area contributed by atoms with Crippen LogP contribution in [0.15, 0.2) is 6.33 Å². The summed E-state index contributed by atoms with van der Waals surface area (Å²) < 4.78 is 5.06. The first kappa shape index (κ1) is 13.5. The van der Waals surface area contributed by atoms with E-state index in [9.17, 15) is 0 Å². The van der Waals surface area contributed by atoms with Gasteiger partial charge in [-0.15, -0.1) is 0 Å². The van der Waals surface area contributed by atoms with Gasteiger partial charge in [-0.2, -0.15) is 4.98 Å². The van der Waals surface area contributed by atoms with Crippen molar-refractivity contribution in [2.75, 3.05) is 18.2 Å². The van der Waals surface area contributed by atoms with Gasteiger partial charge in [-0.05, 0) is 12.8 Å². The Morgan fingerprint density at radius 3 is 2.53 bits per heavy atom. The summed E-state index contributed by atoms with van der Waals surface area (Å²) in [7, 11) is 1.55. The Morgan fingerprint density at radius 1 is 1.35 bits per heavy atom. The van der Waals surface area contributed by atoms with Crippen LogP contribution in [0.25, 0.3) is 0 Å². The van der Waals surface area contributed by atoms with Crippen LogP contribution in [0.4, 0.5) is 11.5 Å². The highest BCUT2D eigenvalue weighted by Crippen LogP contribution is 2.26. The standard InChI is InChI=1S/C12H22N4O/c1-5-9(6-2)8(3)16-11-10(13)12(17-4)15-7-14-11/h7-9H,5-6,13H2,1-4H3,(H,14,15,16). The maximum Gasteiger partial charge on any atom is 0.242 e. The number of nitrogens with one attached hydrogen (secondary N) is 1. The lowest BCUT2D eigenvalue weighted by atomic mass is 9.95. The zero-order valence-electron chi connectivity index (χ0n) is 11.0. The number of hydrogen-bond donors (Lipinski definition) is 2. The fourth-order valence-electron chi connectivity index (χ4n) is 1.99. The second kappa shape index (κ2) is 6.27. The van der Waals surface area contributed by atoms with Gasteiger partial charge in [0.2, 0.25) is 5.88 Å². The zero-order chi connectivity index (χ0) is 12.8. The molecule has 0 radical (unpaired) electrons. The Kier molecular flexibility index (Phi) is 5.00. The Bertz CT molecular complexity index is 352. The molecule has 5 heteroatoms. The molecule has 1 atom stereocenters. The van der Waals surface area contributed by atoms with Crippen molar-refractivity contribution in [3.63, 3.8) is 0 Å². The minimum Gasteiger partial charge on any atom is -0.479 e. The van der Waals surface area contributed by atoms with Crippen LogP contribution in [-0.2, 0) is 0 Å². The van der Waals surface area contributed by atoms with Gasteiger partial charge in [0.25, 0.3) is 0 Å². The Balaban J connectivity index is 2.81. The van der Waals surface area contributed by atoms with Crippen molar-refractivity contribution < 1.29 is 4.74 Å². The molecule has 0 saturated heterocycles. The third kappa shape index (κ3) is 3.22. The van der Waals surface area contributed by atoms with Crippen LogP contribution in [0.1, 0.15) is 33.6 Å². The molecule has 0 aliphatic rings. The quantitative estimate of drug-likeness (QED) is 0.795. The fraction of sp³-hybridized carbons (Fsp3) is 0.667. The third-order valence-corrected chi connectivity index (χ3v) is 3.16. The van der Waals surface area contributed by atoms with Crippen molar-refractivity contribution >= 4 is 11.5 Å². The smallest absolute Gasteiger partial charge is 0.242 e. The number of rotatable bonds is 6. The summed E-state index contributed by atoms with van der Waals surface area (Å²) in [6.45, 7) is 6.53. The highest BCUT2D eigenvalue weighted by molar-refractivity contribution is 5.66. The monoisotopic (exact) mass is 238 g/mol. The lowest BCUT2D eigenvalue weighted by Gasteiger charge is -2.23. The molecule has 0 spiro atoms. The number of methoxy groups -OCH3 is 1. The molecule has 3 N–H and O–H groups in total. The van der Waals surface area contributed by atoms with E-state index in [1.165, 1.54) is 6.33 Å². The van der Waals surface area contributed by atoms with E-state index in [-0.39, 0.29) is 0 Å². The lowest BCUT2D eigenvalue weighted by Crippen LogP contribution is -2.26. The van der Waals surface area contributed by atoms with Crippen LogP contribution in [0, 0.1) is 5.92 Å². The van der Waals surface area contributed by atoms with Gasteiger partial charge < -0.3 is 15.8 Å². The van der Waals surface area contributed by atoms with Crippen molar-refractivity contribution in [3.05, 3.63) is 6.33 Å². The Labute approximate surface area is 103 Å². The molecule has 0 aliphatic carbocycles. The molecule has 1 rings (SSSR count). The molecule has 0 aliphatic heterocycles. The van der Waals surface area contributed by atoms with Gasteiger partial charge in [-0.1, -0.05) is 26.7 Å². The molecule has 0 amide bonds. The average Bonchev–Trinajstić information content (AvgIpc) is 2.33. The topological polar surface area (TPSA) is 73.1 Å². The molecular weight excluding hydrogens is 216 g/mol. The van der Waals surface area contributed by atoms with Gasteiger partial charge in [-0.25, -0.2) is 4.98 Å². The molecule has 1 aromatic rings. The molecule has 1 heterocycles. The van der Waals surface area contributed by atoms with Crippen LogP contribution in [-0.4, -0.2) is 23.1 Å². The maximum atomic E-state index is 5.91. The summed E-state index contributed by atoms with van der Waals surface area (Å²) in [6.07, 6.45) is 3.72. The van der Waals surface area contributed by atoms with Crippen molar-refractivity contribution in [1.82, 2.24) is 9.97 Å². The van der Waals surface area contributed by atoms with Crippen molar-refractivity contribution in [3.8, 4) is 5.88 Å². The zero-order valence-corrected chi connectivity index (χ0v) is 11.0. The summed E-state index contributed by atoms with van der Waals surface area (Å²) in [4.78, 5) is 8.10. The number of aromatic nitrogens is 2. The first-order valence-electron chi connectivity index (χ1n) is 6.04. The maximum absolute atomic E-state index is 5.91. The molecular formula is C12H22N4O. The van der Waals surface area contributed by atoms with Crippen molar-refractivity contribution in [1.29, 1.82) is 0 Å². The van der Waals surface area contributed by atoms with Crippen LogP contribution in [0.3, 0.4) is 0 Å². The first-order valence-corrected chi connectivity index (χ1v) is 6.04. The van der Waals surface area contributed by atoms with Crippen molar-refractivity contribution in [2.24, 2.45) is 5.92 Å². The minimum atomic E-state index is 0.326. The van der Waals surface area contributed by atoms with Gasteiger partial charge in [0, 0.05) is 6.04 Å². The lowest BCUT2D eigenvalue weighted by molar-refractivity contribution is 0.399. The molecule has 1 unspecified atom stereocenters. The van der Waals surface area contributed by atoms with E-state index in [1.54, 1.807) is 7.11 Å². The fourth-order valence-corrected chi connectivity index (χ4v) is 1.99.